The monoisotopic (exact) mass is 279 g/mol. The van der Waals surface area contributed by atoms with Crippen molar-refractivity contribution in [1.29, 1.82) is 0 Å². The standard InChI is InChI=1S/C18H21N3/c1-18(2,3)19-12-14-8-10-16(11-9-14)21-17-7-5-4-6-15(17)13-20-21/h4-11,13,19H,12H2,1-3H3. The summed E-state index contributed by atoms with van der Waals surface area (Å²) >= 11 is 0. The summed E-state index contributed by atoms with van der Waals surface area (Å²) in [4.78, 5) is 0. The third kappa shape index (κ3) is 3.14. The number of hydrogen-bond donors (Lipinski definition) is 1. The Morgan fingerprint density at radius 2 is 1.71 bits per heavy atom. The van der Waals surface area contributed by atoms with Crippen molar-refractivity contribution in [3.8, 4) is 5.69 Å². The van der Waals surface area contributed by atoms with Crippen LogP contribution in [0.2, 0.25) is 0 Å². The lowest BCUT2D eigenvalue weighted by Gasteiger charge is -2.20. The van der Waals surface area contributed by atoms with Crippen LogP contribution in [0.25, 0.3) is 16.6 Å². The van der Waals surface area contributed by atoms with Gasteiger partial charge in [0.25, 0.3) is 0 Å². The average molecular weight is 279 g/mol. The maximum Gasteiger partial charge on any atom is 0.0741 e. The minimum absolute atomic E-state index is 0.136. The van der Waals surface area contributed by atoms with Gasteiger partial charge in [0.2, 0.25) is 0 Å². The lowest BCUT2D eigenvalue weighted by atomic mass is 10.1. The molecule has 3 rings (SSSR count). The second kappa shape index (κ2) is 5.34. The van der Waals surface area contributed by atoms with E-state index in [4.69, 9.17) is 0 Å². The van der Waals surface area contributed by atoms with Crippen LogP contribution in [0.15, 0.2) is 54.7 Å². The molecule has 0 amide bonds. The van der Waals surface area contributed by atoms with E-state index < -0.39 is 0 Å². The van der Waals surface area contributed by atoms with E-state index in [1.807, 2.05) is 23.0 Å². The summed E-state index contributed by atoms with van der Waals surface area (Å²) in [5.41, 5.74) is 3.65. The molecule has 2 aromatic carbocycles. The molecule has 0 atom stereocenters. The summed E-state index contributed by atoms with van der Waals surface area (Å²) in [7, 11) is 0. The molecule has 0 saturated heterocycles. The van der Waals surface area contributed by atoms with Crippen molar-refractivity contribution in [3.05, 3.63) is 60.3 Å². The minimum atomic E-state index is 0.136. The highest BCUT2D eigenvalue weighted by atomic mass is 15.3. The molecule has 0 spiro atoms. The Bertz CT molecular complexity index is 733. The van der Waals surface area contributed by atoms with Crippen molar-refractivity contribution in [1.82, 2.24) is 15.1 Å². The molecule has 0 bridgehead atoms. The molecule has 1 heterocycles. The molecule has 1 N–H and O–H groups in total. The number of para-hydroxylation sites is 1. The van der Waals surface area contributed by atoms with Crippen LogP contribution in [0.1, 0.15) is 26.3 Å². The molecule has 0 saturated carbocycles. The van der Waals surface area contributed by atoms with E-state index in [9.17, 15) is 0 Å². The first-order valence-corrected chi connectivity index (χ1v) is 7.30. The molecule has 0 aliphatic rings. The van der Waals surface area contributed by atoms with Crippen molar-refractivity contribution in [3.63, 3.8) is 0 Å². The molecule has 3 heteroatoms. The first-order chi connectivity index (χ1) is 10.0. The van der Waals surface area contributed by atoms with Crippen LogP contribution in [-0.4, -0.2) is 15.3 Å². The lowest BCUT2D eigenvalue weighted by molar-refractivity contribution is 0.424. The Hall–Kier alpha value is -2.13. The first kappa shape index (κ1) is 13.8. The van der Waals surface area contributed by atoms with Crippen LogP contribution in [-0.2, 0) is 6.54 Å². The van der Waals surface area contributed by atoms with E-state index in [1.54, 1.807) is 0 Å². The highest BCUT2D eigenvalue weighted by Gasteiger charge is 2.08. The van der Waals surface area contributed by atoms with Gasteiger partial charge in [-0.3, -0.25) is 0 Å². The molecule has 0 fully saturated rings. The second-order valence-corrected chi connectivity index (χ2v) is 6.39. The zero-order valence-corrected chi connectivity index (χ0v) is 12.8. The van der Waals surface area contributed by atoms with E-state index >= 15 is 0 Å². The van der Waals surface area contributed by atoms with Gasteiger partial charge >= 0.3 is 0 Å². The predicted octanol–water partition coefficient (Wildman–Crippen LogP) is 3.91. The Morgan fingerprint density at radius 3 is 2.43 bits per heavy atom. The summed E-state index contributed by atoms with van der Waals surface area (Å²) in [6, 6.07) is 16.8. The summed E-state index contributed by atoms with van der Waals surface area (Å²) in [5.74, 6) is 0. The molecule has 1 aromatic heterocycles. The van der Waals surface area contributed by atoms with E-state index in [2.05, 4.69) is 67.6 Å². The zero-order chi connectivity index (χ0) is 14.9. The van der Waals surface area contributed by atoms with Crippen molar-refractivity contribution in [2.45, 2.75) is 32.9 Å². The number of nitrogens with zero attached hydrogens (tertiary/aromatic N) is 2. The van der Waals surface area contributed by atoms with E-state index in [0.29, 0.717) is 0 Å². The molecule has 3 nitrogen and oxygen atoms in total. The molecule has 0 unspecified atom stereocenters. The fourth-order valence-corrected chi connectivity index (χ4v) is 2.30. The van der Waals surface area contributed by atoms with Gasteiger partial charge in [-0.1, -0.05) is 30.3 Å². The lowest BCUT2D eigenvalue weighted by Crippen LogP contribution is -2.35. The van der Waals surface area contributed by atoms with Crippen LogP contribution in [0, 0.1) is 0 Å². The second-order valence-electron chi connectivity index (χ2n) is 6.39. The third-order valence-corrected chi connectivity index (χ3v) is 3.48. The molecular weight excluding hydrogens is 258 g/mol. The summed E-state index contributed by atoms with van der Waals surface area (Å²) in [6.45, 7) is 7.41. The van der Waals surface area contributed by atoms with Gasteiger partial charge in [-0.25, -0.2) is 4.68 Å². The van der Waals surface area contributed by atoms with Gasteiger partial charge in [-0.15, -0.1) is 0 Å². The number of rotatable bonds is 3. The summed E-state index contributed by atoms with van der Waals surface area (Å²) in [5, 5.41) is 9.14. The van der Waals surface area contributed by atoms with E-state index in [0.717, 1.165) is 23.1 Å². The number of benzene rings is 2. The fourth-order valence-electron chi connectivity index (χ4n) is 2.30. The summed E-state index contributed by atoms with van der Waals surface area (Å²) < 4.78 is 1.98. The van der Waals surface area contributed by atoms with Gasteiger partial charge in [0.15, 0.2) is 0 Å². The number of aromatic nitrogens is 2. The van der Waals surface area contributed by atoms with Crippen molar-refractivity contribution in [2.24, 2.45) is 0 Å². The molecule has 21 heavy (non-hydrogen) atoms. The number of fused-ring (bicyclic) bond motifs is 1. The van der Waals surface area contributed by atoms with Gasteiger partial charge < -0.3 is 5.32 Å². The number of hydrogen-bond acceptors (Lipinski definition) is 2. The van der Waals surface area contributed by atoms with E-state index in [1.165, 1.54) is 5.56 Å². The Labute approximate surface area is 125 Å². The maximum atomic E-state index is 4.48. The van der Waals surface area contributed by atoms with Gasteiger partial charge in [0, 0.05) is 17.5 Å². The maximum absolute atomic E-state index is 4.48. The van der Waals surface area contributed by atoms with Crippen molar-refractivity contribution < 1.29 is 0 Å². The van der Waals surface area contributed by atoms with Crippen LogP contribution >= 0.6 is 0 Å². The van der Waals surface area contributed by atoms with Crippen LogP contribution in [0.3, 0.4) is 0 Å². The average Bonchev–Trinajstić information content (AvgIpc) is 2.89. The van der Waals surface area contributed by atoms with Crippen LogP contribution < -0.4 is 5.32 Å². The normalized spacial score (nSPS) is 12.0. The third-order valence-electron chi connectivity index (χ3n) is 3.48. The van der Waals surface area contributed by atoms with Crippen LogP contribution in [0.5, 0.6) is 0 Å². The molecular formula is C18H21N3. The molecule has 0 aliphatic heterocycles. The van der Waals surface area contributed by atoms with Gasteiger partial charge in [0.05, 0.1) is 17.4 Å². The first-order valence-electron chi connectivity index (χ1n) is 7.30. The topological polar surface area (TPSA) is 29.9 Å². The highest BCUT2D eigenvalue weighted by molar-refractivity contribution is 5.80. The quantitative estimate of drug-likeness (QED) is 0.787. The van der Waals surface area contributed by atoms with Crippen molar-refractivity contribution in [2.75, 3.05) is 0 Å². The van der Waals surface area contributed by atoms with E-state index in [-0.39, 0.29) is 5.54 Å². The summed E-state index contributed by atoms with van der Waals surface area (Å²) in [6.07, 6.45) is 1.91. The van der Waals surface area contributed by atoms with Crippen LogP contribution in [0.4, 0.5) is 0 Å². The largest absolute Gasteiger partial charge is 0.308 e. The number of nitrogens with one attached hydrogen (secondary N) is 1. The van der Waals surface area contributed by atoms with Crippen molar-refractivity contribution >= 4 is 10.9 Å². The minimum Gasteiger partial charge on any atom is -0.308 e. The Kier molecular flexibility index (Phi) is 3.52. The molecule has 108 valence electrons. The molecule has 3 aromatic rings. The fraction of sp³-hybridized carbons (Fsp3) is 0.278. The zero-order valence-electron chi connectivity index (χ0n) is 12.8. The molecule has 0 radical (unpaired) electrons. The van der Waals surface area contributed by atoms with Gasteiger partial charge in [-0.05, 0) is 44.5 Å². The highest BCUT2D eigenvalue weighted by Crippen LogP contribution is 2.18. The van der Waals surface area contributed by atoms with Gasteiger partial charge in [-0.2, -0.15) is 5.10 Å². The smallest absolute Gasteiger partial charge is 0.0741 e. The molecule has 0 aliphatic carbocycles. The Morgan fingerprint density at radius 1 is 1.00 bits per heavy atom. The van der Waals surface area contributed by atoms with Gasteiger partial charge in [0.1, 0.15) is 0 Å². The Balaban J connectivity index is 1.84. The SMILES string of the molecule is CC(C)(C)NCc1ccc(-n2ncc3ccccc32)cc1. The predicted molar refractivity (Wildman–Crippen MR) is 87.7 cm³/mol.